The SMILES string of the molecule is CCN(C)/C=N/c1cc2c(cc1C)C(c1cccc(O)c1)OCC2. The maximum absolute atomic E-state index is 9.76. The first-order chi connectivity index (χ1) is 11.6. The summed E-state index contributed by atoms with van der Waals surface area (Å²) < 4.78 is 6.00. The summed E-state index contributed by atoms with van der Waals surface area (Å²) in [4.78, 5) is 6.67. The third kappa shape index (κ3) is 3.44. The summed E-state index contributed by atoms with van der Waals surface area (Å²) in [5, 5.41) is 9.76. The third-order valence-corrected chi connectivity index (χ3v) is 4.46. The fourth-order valence-corrected chi connectivity index (χ4v) is 2.94. The van der Waals surface area contributed by atoms with Crippen LogP contribution >= 0.6 is 0 Å². The van der Waals surface area contributed by atoms with E-state index in [4.69, 9.17) is 4.74 Å². The monoisotopic (exact) mass is 324 g/mol. The van der Waals surface area contributed by atoms with Gasteiger partial charge in [0.25, 0.3) is 0 Å². The molecule has 2 aromatic carbocycles. The van der Waals surface area contributed by atoms with Crippen molar-refractivity contribution in [3.63, 3.8) is 0 Å². The molecule has 1 atom stereocenters. The zero-order chi connectivity index (χ0) is 17.1. The lowest BCUT2D eigenvalue weighted by atomic mass is 9.91. The number of nitrogens with zero attached hydrogens (tertiary/aromatic N) is 2. The largest absolute Gasteiger partial charge is 0.508 e. The van der Waals surface area contributed by atoms with E-state index in [0.717, 1.165) is 29.8 Å². The van der Waals surface area contributed by atoms with Crippen molar-refractivity contribution in [2.24, 2.45) is 4.99 Å². The molecule has 24 heavy (non-hydrogen) atoms. The Kier molecular flexibility index (Phi) is 4.86. The number of aryl methyl sites for hydroxylation is 1. The Morgan fingerprint density at radius 2 is 2.17 bits per heavy atom. The summed E-state index contributed by atoms with van der Waals surface area (Å²) in [5.74, 6) is 0.267. The van der Waals surface area contributed by atoms with Crippen LogP contribution in [0.2, 0.25) is 0 Å². The van der Waals surface area contributed by atoms with Gasteiger partial charge in [0.05, 0.1) is 18.6 Å². The van der Waals surface area contributed by atoms with Gasteiger partial charge in [-0.3, -0.25) is 0 Å². The van der Waals surface area contributed by atoms with Gasteiger partial charge in [0.15, 0.2) is 0 Å². The number of hydrogen-bond acceptors (Lipinski definition) is 3. The molecule has 1 unspecified atom stereocenters. The molecule has 1 aliphatic rings. The Morgan fingerprint density at radius 3 is 2.92 bits per heavy atom. The van der Waals surface area contributed by atoms with E-state index >= 15 is 0 Å². The smallest absolute Gasteiger partial charge is 0.115 e. The number of fused-ring (bicyclic) bond motifs is 1. The van der Waals surface area contributed by atoms with Crippen molar-refractivity contribution >= 4 is 12.0 Å². The van der Waals surface area contributed by atoms with E-state index in [1.54, 1.807) is 12.1 Å². The molecule has 0 aromatic heterocycles. The second-order valence-corrected chi connectivity index (χ2v) is 6.25. The Bertz CT molecular complexity index is 755. The Labute approximate surface area is 143 Å². The standard InChI is InChI=1S/C20H24N2O2/c1-4-22(3)13-21-19-12-15-8-9-24-20(18(15)10-14(19)2)16-6-5-7-17(23)11-16/h5-7,10-13,20,23H,4,8-9H2,1-3H3/b21-13+. The van der Waals surface area contributed by atoms with Crippen molar-refractivity contribution in [3.8, 4) is 5.75 Å². The predicted molar refractivity (Wildman–Crippen MR) is 97.2 cm³/mol. The summed E-state index contributed by atoms with van der Waals surface area (Å²) in [6.07, 6.45) is 2.63. The van der Waals surface area contributed by atoms with Crippen LogP contribution in [0.4, 0.5) is 5.69 Å². The molecule has 4 nitrogen and oxygen atoms in total. The van der Waals surface area contributed by atoms with Gasteiger partial charge in [0.1, 0.15) is 11.9 Å². The molecule has 0 amide bonds. The molecule has 1 aliphatic heterocycles. The average molecular weight is 324 g/mol. The van der Waals surface area contributed by atoms with Gasteiger partial charge < -0.3 is 14.7 Å². The van der Waals surface area contributed by atoms with Crippen LogP contribution in [0.3, 0.4) is 0 Å². The van der Waals surface area contributed by atoms with E-state index in [-0.39, 0.29) is 11.9 Å². The highest BCUT2D eigenvalue weighted by molar-refractivity contribution is 5.64. The van der Waals surface area contributed by atoms with Crippen LogP contribution in [-0.2, 0) is 11.2 Å². The minimum absolute atomic E-state index is 0.129. The van der Waals surface area contributed by atoms with Crippen LogP contribution < -0.4 is 0 Å². The van der Waals surface area contributed by atoms with E-state index < -0.39 is 0 Å². The van der Waals surface area contributed by atoms with E-state index in [1.807, 2.05) is 25.5 Å². The predicted octanol–water partition coefficient (Wildman–Crippen LogP) is 3.97. The van der Waals surface area contributed by atoms with Crippen molar-refractivity contribution < 1.29 is 9.84 Å². The van der Waals surface area contributed by atoms with Gasteiger partial charge in [-0.2, -0.15) is 0 Å². The van der Waals surface area contributed by atoms with Crippen LogP contribution in [0.1, 0.15) is 35.3 Å². The maximum Gasteiger partial charge on any atom is 0.115 e. The molecule has 126 valence electrons. The van der Waals surface area contributed by atoms with Gasteiger partial charge in [0.2, 0.25) is 0 Å². The molecule has 0 bridgehead atoms. The van der Waals surface area contributed by atoms with Gasteiger partial charge in [0, 0.05) is 13.6 Å². The fraction of sp³-hybridized carbons (Fsp3) is 0.350. The molecule has 3 rings (SSSR count). The van der Waals surface area contributed by atoms with Crippen molar-refractivity contribution in [2.45, 2.75) is 26.4 Å². The van der Waals surface area contributed by atoms with Crippen LogP contribution in [-0.4, -0.2) is 36.5 Å². The number of ether oxygens (including phenoxy) is 1. The van der Waals surface area contributed by atoms with Crippen molar-refractivity contribution in [1.82, 2.24) is 4.90 Å². The average Bonchev–Trinajstić information content (AvgIpc) is 2.59. The highest BCUT2D eigenvalue weighted by Gasteiger charge is 2.24. The zero-order valence-corrected chi connectivity index (χ0v) is 14.5. The first-order valence-corrected chi connectivity index (χ1v) is 8.37. The third-order valence-electron chi connectivity index (χ3n) is 4.46. The van der Waals surface area contributed by atoms with E-state index in [1.165, 1.54) is 11.1 Å². The first kappa shape index (κ1) is 16.5. The maximum atomic E-state index is 9.76. The zero-order valence-electron chi connectivity index (χ0n) is 14.5. The lowest BCUT2D eigenvalue weighted by molar-refractivity contribution is 0.0697. The molecule has 0 radical (unpaired) electrons. The van der Waals surface area contributed by atoms with E-state index in [0.29, 0.717) is 6.61 Å². The summed E-state index contributed by atoms with van der Waals surface area (Å²) in [6.45, 7) is 5.78. The number of aliphatic imine (C=N–C) groups is 1. The molecule has 0 saturated heterocycles. The number of phenols is 1. The number of aromatic hydroxyl groups is 1. The number of hydrogen-bond donors (Lipinski definition) is 1. The van der Waals surface area contributed by atoms with Crippen LogP contribution in [0.5, 0.6) is 5.75 Å². The highest BCUT2D eigenvalue weighted by Crippen LogP contribution is 2.37. The number of rotatable bonds is 4. The topological polar surface area (TPSA) is 45.1 Å². The number of phenolic OH excluding ortho intramolecular Hbond substituents is 1. The first-order valence-electron chi connectivity index (χ1n) is 8.37. The Hall–Kier alpha value is -2.33. The van der Waals surface area contributed by atoms with Gasteiger partial charge in [-0.05, 0) is 60.7 Å². The molecular weight excluding hydrogens is 300 g/mol. The molecule has 0 saturated carbocycles. The lowest BCUT2D eigenvalue weighted by Gasteiger charge is -2.27. The second-order valence-electron chi connectivity index (χ2n) is 6.25. The highest BCUT2D eigenvalue weighted by atomic mass is 16.5. The summed E-state index contributed by atoms with van der Waals surface area (Å²) in [5.41, 5.74) is 5.56. The Balaban J connectivity index is 1.97. The fourth-order valence-electron chi connectivity index (χ4n) is 2.94. The number of benzene rings is 2. The van der Waals surface area contributed by atoms with Gasteiger partial charge >= 0.3 is 0 Å². The van der Waals surface area contributed by atoms with Gasteiger partial charge in [-0.25, -0.2) is 4.99 Å². The lowest BCUT2D eigenvalue weighted by Crippen LogP contribution is -2.17. The molecular formula is C20H24N2O2. The van der Waals surface area contributed by atoms with Gasteiger partial charge in [-0.1, -0.05) is 18.2 Å². The van der Waals surface area contributed by atoms with Crippen LogP contribution in [0, 0.1) is 6.92 Å². The van der Waals surface area contributed by atoms with E-state index in [9.17, 15) is 5.11 Å². The molecule has 4 heteroatoms. The quantitative estimate of drug-likeness (QED) is 0.683. The second kappa shape index (κ2) is 7.05. The van der Waals surface area contributed by atoms with Crippen molar-refractivity contribution in [2.75, 3.05) is 20.2 Å². The Morgan fingerprint density at radius 1 is 1.33 bits per heavy atom. The minimum atomic E-state index is -0.129. The van der Waals surface area contributed by atoms with Gasteiger partial charge in [-0.15, -0.1) is 0 Å². The summed E-state index contributed by atoms with van der Waals surface area (Å²) in [7, 11) is 2.02. The van der Waals surface area contributed by atoms with Crippen LogP contribution in [0.25, 0.3) is 0 Å². The minimum Gasteiger partial charge on any atom is -0.508 e. The molecule has 0 fully saturated rings. The molecule has 2 aromatic rings. The van der Waals surface area contributed by atoms with E-state index in [2.05, 4.69) is 35.9 Å². The summed E-state index contributed by atoms with van der Waals surface area (Å²) in [6, 6.07) is 11.6. The normalized spacial score (nSPS) is 17.0. The molecule has 1 N–H and O–H groups in total. The molecule has 0 spiro atoms. The molecule has 1 heterocycles. The van der Waals surface area contributed by atoms with Crippen molar-refractivity contribution in [1.29, 1.82) is 0 Å². The molecule has 0 aliphatic carbocycles. The van der Waals surface area contributed by atoms with Crippen LogP contribution in [0.15, 0.2) is 41.4 Å². The van der Waals surface area contributed by atoms with Crippen molar-refractivity contribution in [3.05, 3.63) is 58.7 Å². The summed E-state index contributed by atoms with van der Waals surface area (Å²) >= 11 is 0.